The lowest BCUT2D eigenvalue weighted by Gasteiger charge is -2.46. The molecule has 6 nitrogen and oxygen atoms in total. The van der Waals surface area contributed by atoms with Crippen LogP contribution in [-0.2, 0) is 4.74 Å². The van der Waals surface area contributed by atoms with Gasteiger partial charge in [-0.15, -0.1) is 0 Å². The van der Waals surface area contributed by atoms with E-state index in [4.69, 9.17) is 13.9 Å². The molecule has 2 N–H and O–H groups in total. The van der Waals surface area contributed by atoms with Gasteiger partial charge in [0.25, 0.3) is 0 Å². The van der Waals surface area contributed by atoms with Gasteiger partial charge in [-0.2, -0.15) is 0 Å². The molecule has 2 aromatic rings. The lowest BCUT2D eigenvalue weighted by atomic mass is 9.90. The van der Waals surface area contributed by atoms with Crippen LogP contribution in [0.4, 0.5) is 0 Å². The third-order valence-corrected chi connectivity index (χ3v) is 5.03. The number of aryl methyl sites for hydroxylation is 1. The smallest absolute Gasteiger partial charge is 0.134 e. The zero-order valence-corrected chi connectivity index (χ0v) is 14.9. The summed E-state index contributed by atoms with van der Waals surface area (Å²) in [6.07, 6.45) is 7.49. The van der Waals surface area contributed by atoms with Gasteiger partial charge in [0.15, 0.2) is 0 Å². The van der Waals surface area contributed by atoms with Gasteiger partial charge in [-0.3, -0.25) is 10.4 Å². The Balaban J connectivity index is 1.41. The first-order valence-electron chi connectivity index (χ1n) is 8.93. The molecule has 1 fully saturated rings. The van der Waals surface area contributed by atoms with E-state index < -0.39 is 0 Å². The molecule has 0 atom stereocenters. The Morgan fingerprint density at radius 1 is 1.27 bits per heavy atom. The van der Waals surface area contributed by atoms with Crippen molar-refractivity contribution in [3.63, 3.8) is 0 Å². The number of benzene rings is 1. The predicted octanol–water partition coefficient (Wildman–Crippen LogP) is 2.88. The van der Waals surface area contributed by atoms with Crippen molar-refractivity contribution in [1.82, 2.24) is 10.4 Å². The highest BCUT2D eigenvalue weighted by atomic mass is 16.5. The molecule has 1 saturated heterocycles. The third-order valence-electron chi connectivity index (χ3n) is 5.03. The fraction of sp³-hybridized carbons (Fsp3) is 0.400. The number of rotatable bonds is 5. The number of nitrogens with one attached hydrogen (secondary N) is 1. The summed E-state index contributed by atoms with van der Waals surface area (Å²) in [6, 6.07) is 7.82. The molecule has 1 aromatic carbocycles. The number of aliphatic hydroxyl groups is 1. The fourth-order valence-corrected chi connectivity index (χ4v) is 3.46. The third kappa shape index (κ3) is 3.30. The first kappa shape index (κ1) is 17.0. The second kappa shape index (κ2) is 7.05. The second-order valence-corrected chi connectivity index (χ2v) is 6.86. The number of furan rings is 1. The molecule has 3 heterocycles. The monoisotopic (exact) mass is 356 g/mol. The maximum atomic E-state index is 9.96. The molecule has 0 bridgehead atoms. The van der Waals surface area contributed by atoms with E-state index in [9.17, 15) is 5.11 Å². The van der Waals surface area contributed by atoms with Gasteiger partial charge in [-0.05, 0) is 56.2 Å². The van der Waals surface area contributed by atoms with E-state index in [0.717, 1.165) is 41.0 Å². The van der Waals surface area contributed by atoms with Crippen LogP contribution in [0.25, 0.3) is 11.0 Å². The zero-order chi connectivity index (χ0) is 18.0. The van der Waals surface area contributed by atoms with Gasteiger partial charge in [0.1, 0.15) is 23.7 Å². The first-order chi connectivity index (χ1) is 12.7. The van der Waals surface area contributed by atoms with Crippen LogP contribution >= 0.6 is 0 Å². The first-order valence-corrected chi connectivity index (χ1v) is 8.93. The highest BCUT2D eigenvalue weighted by Crippen LogP contribution is 2.28. The largest absolute Gasteiger partial charge is 0.487 e. The molecule has 26 heavy (non-hydrogen) atoms. The molecule has 0 unspecified atom stereocenters. The Labute approximate surface area is 152 Å². The molecule has 0 spiro atoms. The Kier molecular flexibility index (Phi) is 4.61. The van der Waals surface area contributed by atoms with Crippen LogP contribution in [0.5, 0.6) is 5.75 Å². The summed E-state index contributed by atoms with van der Waals surface area (Å²) in [5.41, 5.74) is 4.85. The average Bonchev–Trinajstić information content (AvgIpc) is 3.06. The Morgan fingerprint density at radius 2 is 2.12 bits per heavy atom. The summed E-state index contributed by atoms with van der Waals surface area (Å²) in [6.45, 7) is 3.75. The van der Waals surface area contributed by atoms with Crippen LogP contribution in [-0.4, -0.2) is 42.1 Å². The van der Waals surface area contributed by atoms with E-state index in [2.05, 4.69) is 5.43 Å². The van der Waals surface area contributed by atoms with Gasteiger partial charge < -0.3 is 19.0 Å². The van der Waals surface area contributed by atoms with Gasteiger partial charge in [-0.25, -0.2) is 0 Å². The maximum absolute atomic E-state index is 9.96. The maximum Gasteiger partial charge on any atom is 0.134 e. The average molecular weight is 356 g/mol. The second-order valence-electron chi connectivity index (χ2n) is 6.86. The van der Waals surface area contributed by atoms with Crippen molar-refractivity contribution < 1.29 is 19.0 Å². The van der Waals surface area contributed by atoms with Gasteiger partial charge >= 0.3 is 0 Å². The van der Waals surface area contributed by atoms with Gasteiger partial charge in [0, 0.05) is 24.8 Å². The van der Waals surface area contributed by atoms with Crippen molar-refractivity contribution in [2.24, 2.45) is 0 Å². The Hall–Kier alpha value is -2.44. The summed E-state index contributed by atoms with van der Waals surface area (Å²) in [5.74, 6) is 1.69. The lowest BCUT2D eigenvalue weighted by Crippen LogP contribution is -2.58. The normalized spacial score (nSPS) is 19.3. The molecule has 6 heteroatoms. The fourth-order valence-electron chi connectivity index (χ4n) is 3.46. The van der Waals surface area contributed by atoms with Crippen LogP contribution < -0.4 is 10.2 Å². The van der Waals surface area contributed by atoms with Crippen molar-refractivity contribution in [2.45, 2.75) is 25.3 Å². The Morgan fingerprint density at radius 3 is 2.92 bits per heavy atom. The highest BCUT2D eigenvalue weighted by Gasteiger charge is 2.37. The molecule has 1 aromatic heterocycles. The van der Waals surface area contributed by atoms with Crippen molar-refractivity contribution >= 4 is 11.0 Å². The quantitative estimate of drug-likeness (QED) is 0.859. The molecule has 0 saturated carbocycles. The van der Waals surface area contributed by atoms with Crippen LogP contribution in [0.3, 0.4) is 0 Å². The summed E-state index contributed by atoms with van der Waals surface area (Å²) in [4.78, 5) is 0. The number of allylic oxidation sites excluding steroid dienone is 2. The van der Waals surface area contributed by atoms with Gasteiger partial charge in [-0.1, -0.05) is 0 Å². The van der Waals surface area contributed by atoms with Gasteiger partial charge in [0.05, 0.1) is 17.8 Å². The number of hydrogen-bond donors (Lipinski definition) is 2. The van der Waals surface area contributed by atoms with E-state index in [0.29, 0.717) is 19.8 Å². The van der Waals surface area contributed by atoms with Crippen LogP contribution in [0, 0.1) is 6.92 Å². The van der Waals surface area contributed by atoms with Crippen LogP contribution in [0.1, 0.15) is 18.6 Å². The van der Waals surface area contributed by atoms with E-state index in [-0.39, 0.29) is 12.1 Å². The van der Waals surface area contributed by atoms with E-state index in [1.807, 2.05) is 54.6 Å². The molecule has 4 rings (SSSR count). The van der Waals surface area contributed by atoms with Crippen LogP contribution in [0.2, 0.25) is 0 Å². The summed E-state index contributed by atoms with van der Waals surface area (Å²) >= 11 is 0. The standard InChI is InChI=1S/C20H24N2O4/c1-15-11-16-12-18(4-5-19(16)26-15)25-13-17-3-2-8-22(21-17)20(14-23)6-9-24-10-7-20/h2-5,8,11-12,21,23H,6-7,9-10,13-14H2,1H3. The van der Waals surface area contributed by atoms with Crippen molar-refractivity contribution in [2.75, 3.05) is 26.4 Å². The minimum Gasteiger partial charge on any atom is -0.487 e. The van der Waals surface area contributed by atoms with Gasteiger partial charge in [0.2, 0.25) is 0 Å². The Bertz CT molecular complexity index is 833. The predicted molar refractivity (Wildman–Crippen MR) is 98.5 cm³/mol. The number of aliphatic hydroxyl groups excluding tert-OH is 1. The number of hydrazine groups is 1. The molecule has 2 aliphatic rings. The molecule has 0 aliphatic carbocycles. The minimum atomic E-state index is -0.332. The molecular weight excluding hydrogens is 332 g/mol. The molecular formula is C20H24N2O4. The number of nitrogens with zero attached hydrogens (tertiary/aromatic N) is 1. The number of hydrogen-bond acceptors (Lipinski definition) is 6. The van der Waals surface area contributed by atoms with E-state index >= 15 is 0 Å². The van der Waals surface area contributed by atoms with Crippen molar-refractivity contribution in [3.05, 3.63) is 54.1 Å². The topological polar surface area (TPSA) is 67.1 Å². The number of fused-ring (bicyclic) bond motifs is 1. The van der Waals surface area contributed by atoms with Crippen LogP contribution in [0.15, 0.2) is 52.7 Å². The highest BCUT2D eigenvalue weighted by molar-refractivity contribution is 5.79. The van der Waals surface area contributed by atoms with Crippen molar-refractivity contribution in [3.8, 4) is 5.75 Å². The lowest BCUT2D eigenvalue weighted by molar-refractivity contribution is -0.0531. The zero-order valence-electron chi connectivity index (χ0n) is 14.9. The summed E-state index contributed by atoms with van der Waals surface area (Å²) in [5, 5.41) is 13.0. The van der Waals surface area contributed by atoms with E-state index in [1.54, 1.807) is 0 Å². The molecule has 2 aliphatic heterocycles. The van der Waals surface area contributed by atoms with E-state index in [1.165, 1.54) is 0 Å². The number of ether oxygens (including phenoxy) is 2. The molecule has 0 radical (unpaired) electrons. The summed E-state index contributed by atoms with van der Waals surface area (Å²) < 4.78 is 17.0. The summed E-state index contributed by atoms with van der Waals surface area (Å²) in [7, 11) is 0. The minimum absolute atomic E-state index is 0.0817. The molecule has 138 valence electrons. The van der Waals surface area contributed by atoms with Crippen molar-refractivity contribution in [1.29, 1.82) is 0 Å². The molecule has 0 amide bonds. The SMILES string of the molecule is Cc1cc2cc(OCC3=CC=CN(C4(CO)CCOCC4)N3)ccc2o1.